The summed E-state index contributed by atoms with van der Waals surface area (Å²) in [5.74, 6) is -0.232. The number of piperidine rings is 2. The molecule has 126 valence electrons. The third-order valence-corrected chi connectivity index (χ3v) is 5.26. The second-order valence-electron chi connectivity index (χ2n) is 6.85. The Bertz CT molecular complexity index is 537. The molecule has 1 aromatic carbocycles. The number of fused-ring (bicyclic) bond motifs is 2. The quantitative estimate of drug-likeness (QED) is 0.896. The summed E-state index contributed by atoms with van der Waals surface area (Å²) in [5, 5.41) is 6.00. The summed E-state index contributed by atoms with van der Waals surface area (Å²) in [6, 6.07) is 7.91. The van der Waals surface area contributed by atoms with Crippen LogP contribution in [0.15, 0.2) is 24.3 Å². The third-order valence-electron chi connectivity index (χ3n) is 5.26. The lowest BCUT2D eigenvalue weighted by atomic mass is 9.82. The van der Waals surface area contributed by atoms with Crippen molar-refractivity contribution in [1.82, 2.24) is 15.5 Å². The molecule has 5 heteroatoms. The topological polar surface area (TPSA) is 44.4 Å². The van der Waals surface area contributed by atoms with Crippen molar-refractivity contribution in [3.63, 3.8) is 0 Å². The van der Waals surface area contributed by atoms with Crippen LogP contribution in [0, 0.1) is 5.82 Å². The Kier molecular flexibility index (Phi) is 5.16. The Morgan fingerprint density at radius 3 is 2.74 bits per heavy atom. The summed E-state index contributed by atoms with van der Waals surface area (Å²) in [7, 11) is 2.21. The average Bonchev–Trinajstić information content (AvgIpc) is 2.48. The minimum absolute atomic E-state index is 0.103. The van der Waals surface area contributed by atoms with Gasteiger partial charge in [-0.1, -0.05) is 18.6 Å². The van der Waals surface area contributed by atoms with Crippen molar-refractivity contribution in [2.24, 2.45) is 0 Å². The van der Waals surface area contributed by atoms with Gasteiger partial charge in [0.25, 0.3) is 0 Å². The first-order chi connectivity index (χ1) is 11.1. The fourth-order valence-electron chi connectivity index (χ4n) is 3.98. The molecule has 2 heterocycles. The van der Waals surface area contributed by atoms with Gasteiger partial charge in [0.05, 0.1) is 0 Å². The lowest BCUT2D eigenvalue weighted by molar-refractivity contribution is 0.0509. The van der Waals surface area contributed by atoms with Crippen LogP contribution in [0.5, 0.6) is 0 Å². The van der Waals surface area contributed by atoms with Gasteiger partial charge in [-0.25, -0.2) is 9.18 Å². The predicted octanol–water partition coefficient (Wildman–Crippen LogP) is 2.68. The van der Waals surface area contributed by atoms with Crippen LogP contribution >= 0.6 is 0 Å². The number of hydrogen-bond acceptors (Lipinski definition) is 2. The van der Waals surface area contributed by atoms with Crippen LogP contribution in [0.2, 0.25) is 0 Å². The molecular formula is C18H26FN3O. The second kappa shape index (κ2) is 7.30. The van der Waals surface area contributed by atoms with Crippen LogP contribution in [0.3, 0.4) is 0 Å². The Morgan fingerprint density at radius 2 is 2.04 bits per heavy atom. The molecule has 2 fully saturated rings. The van der Waals surface area contributed by atoms with Gasteiger partial charge in [-0.2, -0.15) is 0 Å². The Labute approximate surface area is 137 Å². The zero-order valence-electron chi connectivity index (χ0n) is 13.7. The summed E-state index contributed by atoms with van der Waals surface area (Å²) in [6.45, 7) is 0.523. The van der Waals surface area contributed by atoms with Gasteiger partial charge in [-0.3, -0.25) is 0 Å². The highest BCUT2D eigenvalue weighted by atomic mass is 19.1. The number of benzene rings is 1. The third kappa shape index (κ3) is 4.22. The first-order valence-electron chi connectivity index (χ1n) is 8.62. The molecule has 2 atom stereocenters. The van der Waals surface area contributed by atoms with Crippen LogP contribution in [0.4, 0.5) is 9.18 Å². The van der Waals surface area contributed by atoms with Crippen molar-refractivity contribution in [3.05, 3.63) is 35.6 Å². The minimum atomic E-state index is -0.232. The van der Waals surface area contributed by atoms with Gasteiger partial charge in [0, 0.05) is 24.7 Å². The van der Waals surface area contributed by atoms with Crippen LogP contribution in [0.25, 0.3) is 0 Å². The SMILES string of the molecule is CN1C2CCCC1CC(NC(=O)NCCc1cccc(F)c1)C2. The number of rotatable bonds is 4. The highest BCUT2D eigenvalue weighted by Crippen LogP contribution is 2.32. The number of urea groups is 1. The first-order valence-corrected chi connectivity index (χ1v) is 8.62. The predicted molar refractivity (Wildman–Crippen MR) is 88.9 cm³/mol. The molecule has 0 aromatic heterocycles. The van der Waals surface area contributed by atoms with Gasteiger partial charge in [0.1, 0.15) is 5.82 Å². The average molecular weight is 319 g/mol. The van der Waals surface area contributed by atoms with Crippen molar-refractivity contribution < 1.29 is 9.18 Å². The van der Waals surface area contributed by atoms with Crippen molar-refractivity contribution in [2.75, 3.05) is 13.6 Å². The molecule has 2 saturated heterocycles. The number of nitrogens with one attached hydrogen (secondary N) is 2. The van der Waals surface area contributed by atoms with E-state index in [0.29, 0.717) is 25.0 Å². The lowest BCUT2D eigenvalue weighted by Crippen LogP contribution is -2.56. The molecule has 2 unspecified atom stereocenters. The Hall–Kier alpha value is -1.62. The van der Waals surface area contributed by atoms with E-state index >= 15 is 0 Å². The van der Waals surface area contributed by atoms with E-state index in [0.717, 1.165) is 18.4 Å². The fraction of sp³-hybridized carbons (Fsp3) is 0.611. The molecule has 2 bridgehead atoms. The molecule has 0 radical (unpaired) electrons. The van der Waals surface area contributed by atoms with Crippen LogP contribution in [-0.4, -0.2) is 42.6 Å². The lowest BCUT2D eigenvalue weighted by Gasteiger charge is -2.47. The summed E-state index contributed by atoms with van der Waals surface area (Å²) >= 11 is 0. The minimum Gasteiger partial charge on any atom is -0.338 e. The molecule has 4 nitrogen and oxygen atoms in total. The first kappa shape index (κ1) is 16.2. The van der Waals surface area contributed by atoms with E-state index in [-0.39, 0.29) is 17.9 Å². The smallest absolute Gasteiger partial charge is 0.315 e. The maximum absolute atomic E-state index is 13.1. The maximum atomic E-state index is 13.1. The number of halogens is 1. The maximum Gasteiger partial charge on any atom is 0.315 e. The van der Waals surface area contributed by atoms with Crippen molar-refractivity contribution >= 4 is 6.03 Å². The highest BCUT2D eigenvalue weighted by molar-refractivity contribution is 5.74. The Balaban J connectivity index is 1.41. The Morgan fingerprint density at radius 1 is 1.30 bits per heavy atom. The van der Waals surface area contributed by atoms with Gasteiger partial charge in [0.15, 0.2) is 0 Å². The molecule has 0 aliphatic carbocycles. The standard InChI is InChI=1S/C18H26FN3O/c1-22-16-6-3-7-17(22)12-15(11-16)21-18(23)20-9-8-13-4-2-5-14(19)10-13/h2,4-5,10,15-17H,3,6-9,11-12H2,1H3,(H2,20,21,23). The van der Waals surface area contributed by atoms with Crippen LogP contribution < -0.4 is 10.6 Å². The normalized spacial score (nSPS) is 27.5. The molecule has 1 aromatic rings. The summed E-state index contributed by atoms with van der Waals surface area (Å²) in [5.41, 5.74) is 0.902. The largest absolute Gasteiger partial charge is 0.338 e. The van der Waals surface area contributed by atoms with Gasteiger partial charge in [-0.05, 0) is 56.8 Å². The number of amides is 2. The molecule has 2 aliphatic rings. The molecule has 2 N–H and O–H groups in total. The summed E-state index contributed by atoms with van der Waals surface area (Å²) in [6.07, 6.45) is 6.53. The van der Waals surface area contributed by atoms with Gasteiger partial charge >= 0.3 is 6.03 Å². The van der Waals surface area contributed by atoms with Gasteiger partial charge in [0.2, 0.25) is 0 Å². The van der Waals surface area contributed by atoms with E-state index in [1.807, 2.05) is 6.07 Å². The number of carbonyl (C=O) groups is 1. The molecular weight excluding hydrogens is 293 g/mol. The van der Waals surface area contributed by atoms with E-state index in [9.17, 15) is 9.18 Å². The van der Waals surface area contributed by atoms with E-state index < -0.39 is 0 Å². The number of carbonyl (C=O) groups excluding carboxylic acids is 1. The molecule has 0 spiro atoms. The second-order valence-corrected chi connectivity index (χ2v) is 6.85. The van der Waals surface area contributed by atoms with Gasteiger partial charge < -0.3 is 15.5 Å². The molecule has 23 heavy (non-hydrogen) atoms. The zero-order valence-corrected chi connectivity index (χ0v) is 13.7. The fourth-order valence-corrected chi connectivity index (χ4v) is 3.98. The van der Waals surface area contributed by atoms with E-state index in [2.05, 4.69) is 22.6 Å². The number of hydrogen-bond donors (Lipinski definition) is 2. The van der Waals surface area contributed by atoms with E-state index in [1.165, 1.54) is 31.4 Å². The molecule has 3 rings (SSSR count). The van der Waals surface area contributed by atoms with Crippen molar-refractivity contribution in [2.45, 2.75) is 56.7 Å². The summed E-state index contributed by atoms with van der Waals surface area (Å²) in [4.78, 5) is 14.5. The summed E-state index contributed by atoms with van der Waals surface area (Å²) < 4.78 is 13.1. The zero-order chi connectivity index (χ0) is 16.2. The van der Waals surface area contributed by atoms with Crippen LogP contribution in [0.1, 0.15) is 37.7 Å². The molecule has 2 aliphatic heterocycles. The van der Waals surface area contributed by atoms with E-state index in [1.54, 1.807) is 6.07 Å². The van der Waals surface area contributed by atoms with Crippen molar-refractivity contribution in [1.29, 1.82) is 0 Å². The van der Waals surface area contributed by atoms with Gasteiger partial charge in [-0.15, -0.1) is 0 Å². The highest BCUT2D eigenvalue weighted by Gasteiger charge is 2.36. The van der Waals surface area contributed by atoms with Crippen LogP contribution in [-0.2, 0) is 6.42 Å². The van der Waals surface area contributed by atoms with E-state index in [4.69, 9.17) is 0 Å². The van der Waals surface area contributed by atoms with Crippen molar-refractivity contribution in [3.8, 4) is 0 Å². The monoisotopic (exact) mass is 319 g/mol. The molecule has 0 saturated carbocycles. The number of nitrogens with zero attached hydrogens (tertiary/aromatic N) is 1. The molecule has 2 amide bonds.